The molecule has 1 aromatic rings. The monoisotopic (exact) mass is 366 g/mol. The summed E-state index contributed by atoms with van der Waals surface area (Å²) in [5, 5.41) is 0. The van der Waals surface area contributed by atoms with Gasteiger partial charge in [-0.25, -0.2) is 0 Å². The molecule has 0 radical (unpaired) electrons. The summed E-state index contributed by atoms with van der Waals surface area (Å²) in [6.45, 7) is 8.90. The molecule has 2 nitrogen and oxygen atoms in total. The van der Waals surface area contributed by atoms with Gasteiger partial charge >= 0.3 is 13.3 Å². The molecule has 6 heteroatoms. The molecule has 0 amide bonds. The Bertz CT molecular complexity index is 687. The Labute approximate surface area is 153 Å². The van der Waals surface area contributed by atoms with Crippen LogP contribution in [0.25, 0.3) is 0 Å². The summed E-state index contributed by atoms with van der Waals surface area (Å²) in [5.41, 5.74) is 0.336. The van der Waals surface area contributed by atoms with E-state index in [9.17, 15) is 13.2 Å². The SMILES string of the molecule is C[C@@H](Cc1ccc(C(F)(F)F)cc1)B1O[C@@H]2C[C@@H]3C[C@@H](C3(C)C)[C@]2(C)O1. The van der Waals surface area contributed by atoms with Crippen LogP contribution in [0.2, 0.25) is 5.82 Å². The average Bonchev–Trinajstić information content (AvgIpc) is 2.91. The Morgan fingerprint density at radius 3 is 2.38 bits per heavy atom. The highest BCUT2D eigenvalue weighted by Gasteiger charge is 2.68. The van der Waals surface area contributed by atoms with E-state index in [4.69, 9.17) is 9.31 Å². The molecule has 3 saturated carbocycles. The van der Waals surface area contributed by atoms with E-state index >= 15 is 0 Å². The van der Waals surface area contributed by atoms with Gasteiger partial charge < -0.3 is 9.31 Å². The van der Waals surface area contributed by atoms with Crippen LogP contribution in [-0.2, 0) is 21.9 Å². The van der Waals surface area contributed by atoms with Crippen molar-refractivity contribution in [2.24, 2.45) is 17.3 Å². The Morgan fingerprint density at radius 1 is 1.15 bits per heavy atom. The van der Waals surface area contributed by atoms with Gasteiger partial charge in [0.25, 0.3) is 0 Å². The fraction of sp³-hybridized carbons (Fsp3) is 0.700. The Hall–Kier alpha value is -1.01. The molecule has 2 bridgehead atoms. The first-order valence-electron chi connectivity index (χ1n) is 9.51. The normalized spacial score (nSPS) is 36.4. The van der Waals surface area contributed by atoms with Crippen molar-refractivity contribution in [3.05, 3.63) is 35.4 Å². The summed E-state index contributed by atoms with van der Waals surface area (Å²) in [5.74, 6) is 1.31. The molecule has 5 atom stereocenters. The third kappa shape index (κ3) is 2.72. The molecular weight excluding hydrogens is 340 g/mol. The first-order valence-corrected chi connectivity index (χ1v) is 9.51. The van der Waals surface area contributed by atoms with Gasteiger partial charge in [-0.1, -0.05) is 32.9 Å². The standard InChI is InChI=1S/C20H26BF3O2/c1-12(9-13-5-7-14(8-6-13)20(22,23)24)21-25-17-11-15-10-16(18(15,2)3)19(17,4)26-21/h5-8,12,15-17H,9-11H2,1-4H3/t12-,15-,16-,17+,19-/m0/s1. The maximum absolute atomic E-state index is 12.7. The van der Waals surface area contributed by atoms with Gasteiger partial charge in [0.1, 0.15) is 0 Å². The lowest BCUT2D eigenvalue weighted by molar-refractivity contribution is -0.199. The van der Waals surface area contributed by atoms with Crippen LogP contribution in [0.15, 0.2) is 24.3 Å². The highest BCUT2D eigenvalue weighted by atomic mass is 19.4. The number of benzene rings is 1. The van der Waals surface area contributed by atoms with Crippen LogP contribution in [-0.4, -0.2) is 18.8 Å². The van der Waals surface area contributed by atoms with E-state index in [0.29, 0.717) is 23.7 Å². The lowest BCUT2D eigenvalue weighted by Gasteiger charge is -2.64. The minimum Gasteiger partial charge on any atom is -0.405 e. The summed E-state index contributed by atoms with van der Waals surface area (Å²) >= 11 is 0. The second-order valence-corrected chi connectivity index (χ2v) is 9.21. The number of halogens is 3. The predicted molar refractivity (Wildman–Crippen MR) is 94.7 cm³/mol. The molecule has 1 heterocycles. The summed E-state index contributed by atoms with van der Waals surface area (Å²) in [4.78, 5) is 0. The van der Waals surface area contributed by atoms with Gasteiger partial charge in [-0.15, -0.1) is 0 Å². The zero-order valence-corrected chi connectivity index (χ0v) is 15.8. The van der Waals surface area contributed by atoms with E-state index < -0.39 is 11.7 Å². The Kier molecular flexibility index (Phi) is 4.06. The van der Waals surface area contributed by atoms with Crippen molar-refractivity contribution in [2.75, 3.05) is 0 Å². The second-order valence-electron chi connectivity index (χ2n) is 9.21. The largest absolute Gasteiger partial charge is 0.461 e. The summed E-state index contributed by atoms with van der Waals surface area (Å²) in [6, 6.07) is 5.42. The van der Waals surface area contributed by atoms with Crippen molar-refractivity contribution >= 4 is 7.12 Å². The van der Waals surface area contributed by atoms with Crippen LogP contribution < -0.4 is 0 Å². The van der Waals surface area contributed by atoms with E-state index in [2.05, 4.69) is 27.7 Å². The molecule has 0 N–H and O–H groups in total. The van der Waals surface area contributed by atoms with E-state index in [1.54, 1.807) is 12.1 Å². The van der Waals surface area contributed by atoms with E-state index in [-0.39, 0.29) is 24.6 Å². The quantitative estimate of drug-likeness (QED) is 0.670. The van der Waals surface area contributed by atoms with Crippen LogP contribution in [0.4, 0.5) is 13.2 Å². The van der Waals surface area contributed by atoms with Gasteiger partial charge in [-0.2, -0.15) is 13.2 Å². The lowest BCUT2D eigenvalue weighted by Crippen LogP contribution is -2.65. The molecule has 142 valence electrons. The van der Waals surface area contributed by atoms with Crippen molar-refractivity contribution in [1.29, 1.82) is 0 Å². The van der Waals surface area contributed by atoms with Crippen LogP contribution in [0.1, 0.15) is 51.7 Å². The number of hydrogen-bond acceptors (Lipinski definition) is 2. The van der Waals surface area contributed by atoms with Crippen molar-refractivity contribution in [3.63, 3.8) is 0 Å². The number of rotatable bonds is 3. The second kappa shape index (κ2) is 5.74. The zero-order valence-electron chi connectivity index (χ0n) is 15.8. The maximum Gasteiger partial charge on any atom is 0.461 e. The van der Waals surface area contributed by atoms with Crippen molar-refractivity contribution in [1.82, 2.24) is 0 Å². The van der Waals surface area contributed by atoms with Gasteiger partial charge in [-0.3, -0.25) is 0 Å². The Morgan fingerprint density at radius 2 is 1.81 bits per heavy atom. The number of hydrogen-bond donors (Lipinski definition) is 0. The fourth-order valence-electron chi connectivity index (χ4n) is 5.44. The van der Waals surface area contributed by atoms with E-state index in [0.717, 1.165) is 24.1 Å². The van der Waals surface area contributed by atoms with Gasteiger partial charge in [0.15, 0.2) is 0 Å². The third-order valence-electron chi connectivity index (χ3n) is 7.27. The van der Waals surface area contributed by atoms with E-state index in [1.165, 1.54) is 6.42 Å². The van der Waals surface area contributed by atoms with Gasteiger partial charge in [-0.05, 0) is 67.0 Å². The van der Waals surface area contributed by atoms with E-state index in [1.807, 2.05) is 0 Å². The van der Waals surface area contributed by atoms with Crippen LogP contribution in [0.5, 0.6) is 0 Å². The van der Waals surface area contributed by atoms with Gasteiger partial charge in [0.2, 0.25) is 0 Å². The molecule has 4 aliphatic rings. The molecule has 0 unspecified atom stereocenters. The van der Waals surface area contributed by atoms with Gasteiger partial charge in [0, 0.05) is 0 Å². The molecule has 0 aromatic heterocycles. The fourth-order valence-corrected chi connectivity index (χ4v) is 5.44. The van der Waals surface area contributed by atoms with Gasteiger partial charge in [0.05, 0.1) is 17.3 Å². The van der Waals surface area contributed by atoms with Crippen LogP contribution in [0.3, 0.4) is 0 Å². The summed E-state index contributed by atoms with van der Waals surface area (Å²) in [7, 11) is -0.289. The highest BCUT2D eigenvalue weighted by Crippen LogP contribution is 2.66. The average molecular weight is 366 g/mol. The Balaban J connectivity index is 1.43. The molecule has 1 aliphatic heterocycles. The molecule has 1 saturated heterocycles. The summed E-state index contributed by atoms with van der Waals surface area (Å²) in [6.07, 6.45) is -1.25. The first-order chi connectivity index (χ1) is 12.0. The number of alkyl halides is 3. The highest BCUT2D eigenvalue weighted by molar-refractivity contribution is 6.47. The topological polar surface area (TPSA) is 18.5 Å². The smallest absolute Gasteiger partial charge is 0.405 e. The first kappa shape index (κ1) is 18.4. The minimum absolute atomic E-state index is 0.0921. The molecule has 4 fully saturated rings. The molecular formula is C20H26BF3O2. The van der Waals surface area contributed by atoms with Crippen molar-refractivity contribution < 1.29 is 22.5 Å². The van der Waals surface area contributed by atoms with Crippen LogP contribution >= 0.6 is 0 Å². The molecule has 3 aliphatic carbocycles. The zero-order chi connectivity index (χ0) is 18.9. The predicted octanol–water partition coefficient (Wildman–Crippen LogP) is 5.37. The maximum atomic E-state index is 12.7. The third-order valence-corrected chi connectivity index (χ3v) is 7.27. The van der Waals surface area contributed by atoms with Crippen molar-refractivity contribution in [3.8, 4) is 0 Å². The lowest BCUT2D eigenvalue weighted by atomic mass is 9.43. The molecule has 0 spiro atoms. The molecule has 1 aromatic carbocycles. The summed E-state index contributed by atoms with van der Waals surface area (Å²) < 4.78 is 50.8. The molecule has 5 rings (SSSR count). The van der Waals surface area contributed by atoms with Crippen molar-refractivity contribution in [2.45, 2.75) is 70.7 Å². The molecule has 26 heavy (non-hydrogen) atoms. The minimum atomic E-state index is -4.29. The van der Waals surface area contributed by atoms with Crippen LogP contribution in [0, 0.1) is 17.3 Å².